The van der Waals surface area contributed by atoms with Gasteiger partial charge in [-0.25, -0.2) is 9.48 Å². The average molecular weight is 270 g/mol. The molecule has 20 heavy (non-hydrogen) atoms. The Morgan fingerprint density at radius 1 is 0.950 bits per heavy atom. The van der Waals surface area contributed by atoms with Crippen LogP contribution in [0.1, 0.15) is 11.6 Å². The van der Waals surface area contributed by atoms with Crippen LogP contribution in [-0.4, -0.2) is 27.6 Å². The van der Waals surface area contributed by atoms with Gasteiger partial charge in [-0.1, -0.05) is 18.2 Å². The van der Waals surface area contributed by atoms with E-state index >= 15 is 0 Å². The number of imide groups is 2. The Hall–Kier alpha value is -2.96. The van der Waals surface area contributed by atoms with Crippen LogP contribution in [-0.2, 0) is 9.59 Å². The molecule has 0 saturated carbocycles. The van der Waals surface area contributed by atoms with Crippen molar-refractivity contribution in [2.24, 2.45) is 0 Å². The van der Waals surface area contributed by atoms with Gasteiger partial charge < -0.3 is 0 Å². The summed E-state index contributed by atoms with van der Waals surface area (Å²) in [6, 6.07) is 9.89. The quantitative estimate of drug-likeness (QED) is 0.769. The van der Waals surface area contributed by atoms with Crippen molar-refractivity contribution in [2.45, 2.75) is 5.92 Å². The summed E-state index contributed by atoms with van der Waals surface area (Å²) >= 11 is 0. The van der Waals surface area contributed by atoms with E-state index in [1.807, 2.05) is 18.2 Å². The van der Waals surface area contributed by atoms with Crippen LogP contribution in [0, 0.1) is 0 Å². The summed E-state index contributed by atoms with van der Waals surface area (Å²) in [5.41, 5.74) is 1.13. The molecule has 7 heteroatoms. The second-order valence-corrected chi connectivity index (χ2v) is 4.24. The lowest BCUT2D eigenvalue weighted by molar-refractivity contribution is -0.132. The summed E-state index contributed by atoms with van der Waals surface area (Å²) in [7, 11) is 0. The molecule has 100 valence electrons. The minimum atomic E-state index is -1.10. The first-order valence-electron chi connectivity index (χ1n) is 5.92. The lowest BCUT2D eigenvalue weighted by Gasteiger charge is -2.21. The molecule has 0 aliphatic carbocycles. The first kappa shape index (κ1) is 12.1. The largest absolute Gasteiger partial charge is 0.328 e. The number of carbonyl (C=O) groups excluding carboxylic acids is 3. The predicted octanol–water partition coefficient (Wildman–Crippen LogP) is 0.322. The zero-order valence-electron chi connectivity index (χ0n) is 10.2. The maximum atomic E-state index is 11.9. The SMILES string of the molecule is O=C1NC(=O)C(c2ccnn2-c2ccccc2)C(=O)N1. The molecule has 4 amide bonds. The molecule has 2 N–H and O–H groups in total. The molecule has 1 saturated heterocycles. The molecule has 7 nitrogen and oxygen atoms in total. The fraction of sp³-hybridized carbons (Fsp3) is 0.0769. The third-order valence-corrected chi connectivity index (χ3v) is 2.97. The van der Waals surface area contributed by atoms with Gasteiger partial charge in [-0.15, -0.1) is 0 Å². The van der Waals surface area contributed by atoms with Gasteiger partial charge in [0.1, 0.15) is 0 Å². The van der Waals surface area contributed by atoms with Crippen molar-refractivity contribution in [3.05, 3.63) is 48.3 Å². The van der Waals surface area contributed by atoms with E-state index in [0.29, 0.717) is 5.69 Å². The number of benzene rings is 1. The Bertz CT molecular complexity index is 673. The first-order valence-corrected chi connectivity index (χ1v) is 5.92. The van der Waals surface area contributed by atoms with Crippen LogP contribution in [0.3, 0.4) is 0 Å². The van der Waals surface area contributed by atoms with Crippen LogP contribution in [0.2, 0.25) is 0 Å². The molecule has 0 bridgehead atoms. The average Bonchev–Trinajstić information content (AvgIpc) is 2.87. The van der Waals surface area contributed by atoms with Crippen LogP contribution in [0.25, 0.3) is 5.69 Å². The standard InChI is InChI=1S/C13H10N4O3/c18-11-10(12(19)16-13(20)15-11)9-6-7-14-17(9)8-4-2-1-3-5-8/h1-7,10H,(H2,15,16,18,19,20). The molecule has 0 atom stereocenters. The number of nitrogens with one attached hydrogen (secondary N) is 2. The molecular weight excluding hydrogens is 260 g/mol. The van der Waals surface area contributed by atoms with Crippen molar-refractivity contribution in [1.29, 1.82) is 0 Å². The van der Waals surface area contributed by atoms with E-state index in [-0.39, 0.29) is 0 Å². The smallest absolute Gasteiger partial charge is 0.277 e. The monoisotopic (exact) mass is 270 g/mol. The first-order chi connectivity index (χ1) is 9.66. The molecule has 0 radical (unpaired) electrons. The Morgan fingerprint density at radius 3 is 2.25 bits per heavy atom. The maximum absolute atomic E-state index is 11.9. The topological polar surface area (TPSA) is 93.1 Å². The van der Waals surface area contributed by atoms with Gasteiger partial charge in [0.25, 0.3) is 0 Å². The zero-order chi connectivity index (χ0) is 14.1. The van der Waals surface area contributed by atoms with Crippen molar-refractivity contribution >= 4 is 17.8 Å². The third kappa shape index (κ3) is 1.95. The van der Waals surface area contributed by atoms with Gasteiger partial charge in [0.05, 0.1) is 11.4 Å². The lowest BCUT2D eigenvalue weighted by atomic mass is 10.0. The fourth-order valence-corrected chi connectivity index (χ4v) is 2.10. The number of barbiturate groups is 1. The van der Waals surface area contributed by atoms with E-state index in [9.17, 15) is 14.4 Å². The summed E-state index contributed by atoms with van der Waals surface area (Å²) in [4.78, 5) is 34.8. The molecule has 2 aromatic rings. The van der Waals surface area contributed by atoms with Crippen molar-refractivity contribution < 1.29 is 14.4 Å². The zero-order valence-corrected chi connectivity index (χ0v) is 10.2. The Labute approximate surface area is 113 Å². The molecule has 1 aromatic carbocycles. The molecule has 3 rings (SSSR count). The second kappa shape index (κ2) is 4.61. The molecule has 0 unspecified atom stereocenters. The minimum Gasteiger partial charge on any atom is -0.277 e. The molecular formula is C13H10N4O3. The van der Waals surface area contributed by atoms with Crippen LogP contribution >= 0.6 is 0 Å². The Kier molecular flexibility index (Phi) is 2.79. The number of carbonyl (C=O) groups is 3. The molecule has 1 aliphatic rings. The maximum Gasteiger partial charge on any atom is 0.328 e. The molecule has 1 fully saturated rings. The van der Waals surface area contributed by atoms with Crippen LogP contribution in [0.15, 0.2) is 42.6 Å². The highest BCUT2D eigenvalue weighted by atomic mass is 16.2. The molecule has 1 aliphatic heterocycles. The van der Waals surface area contributed by atoms with Gasteiger partial charge in [0.15, 0.2) is 5.92 Å². The second-order valence-electron chi connectivity index (χ2n) is 4.24. The lowest BCUT2D eigenvalue weighted by Crippen LogP contribution is -2.54. The van der Waals surface area contributed by atoms with E-state index in [1.165, 1.54) is 10.9 Å². The van der Waals surface area contributed by atoms with Gasteiger partial charge >= 0.3 is 6.03 Å². The van der Waals surface area contributed by atoms with Gasteiger partial charge in [-0.05, 0) is 18.2 Å². The number of para-hydroxylation sites is 1. The van der Waals surface area contributed by atoms with Crippen molar-refractivity contribution in [3.8, 4) is 5.69 Å². The summed E-state index contributed by atoms with van der Waals surface area (Å²) in [5.74, 6) is -2.41. The highest BCUT2D eigenvalue weighted by Crippen LogP contribution is 2.21. The van der Waals surface area contributed by atoms with Crippen LogP contribution < -0.4 is 10.6 Å². The fourth-order valence-electron chi connectivity index (χ4n) is 2.10. The number of hydrogen-bond donors (Lipinski definition) is 2. The van der Waals surface area contributed by atoms with Crippen LogP contribution in [0.4, 0.5) is 4.79 Å². The highest BCUT2D eigenvalue weighted by Gasteiger charge is 2.37. The van der Waals surface area contributed by atoms with E-state index in [2.05, 4.69) is 15.7 Å². The van der Waals surface area contributed by atoms with E-state index in [1.54, 1.807) is 18.2 Å². The van der Waals surface area contributed by atoms with Crippen molar-refractivity contribution in [2.75, 3.05) is 0 Å². The number of amides is 4. The van der Waals surface area contributed by atoms with Gasteiger partial charge in [-0.3, -0.25) is 20.2 Å². The molecule has 1 aromatic heterocycles. The number of nitrogens with zero attached hydrogens (tertiary/aromatic N) is 2. The molecule has 2 heterocycles. The summed E-state index contributed by atoms with van der Waals surface area (Å²) < 4.78 is 1.50. The number of hydrogen-bond acceptors (Lipinski definition) is 4. The van der Waals surface area contributed by atoms with E-state index < -0.39 is 23.8 Å². The number of aromatic nitrogens is 2. The summed E-state index contributed by atoms with van der Waals surface area (Å²) in [5, 5.41) is 8.27. The third-order valence-electron chi connectivity index (χ3n) is 2.97. The Balaban J connectivity index is 2.04. The normalized spacial score (nSPS) is 15.9. The van der Waals surface area contributed by atoms with E-state index in [0.717, 1.165) is 5.69 Å². The summed E-state index contributed by atoms with van der Waals surface area (Å²) in [6.07, 6.45) is 1.50. The number of rotatable bonds is 2. The van der Waals surface area contributed by atoms with Crippen molar-refractivity contribution in [1.82, 2.24) is 20.4 Å². The molecule has 0 spiro atoms. The number of urea groups is 1. The summed E-state index contributed by atoms with van der Waals surface area (Å²) in [6.45, 7) is 0. The van der Waals surface area contributed by atoms with E-state index in [4.69, 9.17) is 0 Å². The highest BCUT2D eigenvalue weighted by molar-refractivity contribution is 6.19. The predicted molar refractivity (Wildman–Crippen MR) is 68.0 cm³/mol. The Morgan fingerprint density at radius 2 is 1.60 bits per heavy atom. The van der Waals surface area contributed by atoms with Crippen LogP contribution in [0.5, 0.6) is 0 Å². The van der Waals surface area contributed by atoms with Crippen molar-refractivity contribution in [3.63, 3.8) is 0 Å². The van der Waals surface area contributed by atoms with Gasteiger partial charge in [0.2, 0.25) is 11.8 Å². The van der Waals surface area contributed by atoms with Gasteiger partial charge in [0, 0.05) is 6.20 Å². The van der Waals surface area contributed by atoms with Gasteiger partial charge in [-0.2, -0.15) is 5.10 Å². The minimum absolute atomic E-state index is 0.402.